The summed E-state index contributed by atoms with van der Waals surface area (Å²) in [7, 11) is 0. The molecule has 16 heavy (non-hydrogen) atoms. The van der Waals surface area contributed by atoms with Crippen molar-refractivity contribution in [3.8, 4) is 0 Å². The quantitative estimate of drug-likeness (QED) is 0.494. The number of rotatable bonds is 0. The van der Waals surface area contributed by atoms with Crippen LogP contribution in [0.25, 0.3) is 0 Å². The number of hydrogen-bond acceptors (Lipinski definition) is 1. The summed E-state index contributed by atoms with van der Waals surface area (Å²) in [5.74, 6) is -0.0448. The Morgan fingerprint density at radius 1 is 0.750 bits per heavy atom. The minimum atomic E-state index is -0.125. The van der Waals surface area contributed by atoms with E-state index in [0.717, 1.165) is 24.0 Å². The summed E-state index contributed by atoms with van der Waals surface area (Å²) in [6, 6.07) is 0. The van der Waals surface area contributed by atoms with Crippen LogP contribution in [0.5, 0.6) is 0 Å². The molecule has 0 saturated heterocycles. The lowest BCUT2D eigenvalue weighted by Gasteiger charge is -2.18. The van der Waals surface area contributed by atoms with Gasteiger partial charge in [-0.2, -0.15) is 0 Å². The molecule has 1 aromatic carbocycles. The van der Waals surface area contributed by atoms with Gasteiger partial charge in [-0.05, 0) is 24.0 Å². The molecule has 0 unspecified atom stereocenters. The molecule has 2 atom stereocenters. The third kappa shape index (κ3) is 1.18. The minimum absolute atomic E-state index is 0.125. The molecule has 0 aliphatic heterocycles. The van der Waals surface area contributed by atoms with E-state index in [0.29, 0.717) is 10.0 Å². The van der Waals surface area contributed by atoms with Gasteiger partial charge in [0.15, 0.2) is 0 Å². The summed E-state index contributed by atoms with van der Waals surface area (Å²) in [5.41, 5.74) is 1.62. The maximum absolute atomic E-state index is 11.9. The van der Waals surface area contributed by atoms with Crippen LogP contribution in [0.15, 0.2) is 0 Å². The van der Waals surface area contributed by atoms with E-state index in [1.165, 1.54) is 0 Å². The van der Waals surface area contributed by atoms with Gasteiger partial charge in [-0.15, -0.1) is 0 Å². The van der Waals surface area contributed by atoms with Crippen molar-refractivity contribution in [2.45, 2.75) is 24.7 Å². The average Bonchev–Trinajstić information content (AvgIpc) is 2.77. The summed E-state index contributed by atoms with van der Waals surface area (Å²) in [5, 5.41) is 1.30. The molecular weight excluding hydrogens is 290 g/mol. The monoisotopic (exact) mass is 294 g/mol. The van der Waals surface area contributed by atoms with Gasteiger partial charge in [0.05, 0.1) is 20.1 Å². The number of ketones is 1. The Morgan fingerprint density at radius 3 is 1.50 bits per heavy atom. The third-order valence-electron chi connectivity index (χ3n) is 3.47. The fraction of sp³-hybridized carbons (Fsp3) is 0.364. The van der Waals surface area contributed by atoms with Gasteiger partial charge in [-0.1, -0.05) is 46.4 Å². The lowest BCUT2D eigenvalue weighted by atomic mass is 9.91. The van der Waals surface area contributed by atoms with Crippen molar-refractivity contribution < 1.29 is 4.79 Å². The van der Waals surface area contributed by atoms with E-state index >= 15 is 0 Å². The number of Topliss-reactive ketones (excluding diaryl/α,β-unsaturated/α-hetero) is 1. The Labute approximate surface area is 113 Å². The molecule has 1 nitrogen and oxygen atoms in total. The van der Waals surface area contributed by atoms with Crippen molar-refractivity contribution in [3.05, 3.63) is 31.2 Å². The number of carbonyl (C=O) groups is 1. The molecule has 5 heteroatoms. The van der Waals surface area contributed by atoms with Crippen molar-refractivity contribution in [2.24, 2.45) is 0 Å². The van der Waals surface area contributed by atoms with Gasteiger partial charge in [0, 0.05) is 11.8 Å². The normalized spacial score (nSPS) is 26.4. The zero-order valence-electron chi connectivity index (χ0n) is 7.99. The SMILES string of the molecule is O=C1[C@H]2CC[C@H]1c1c(Cl)c(Cl)c(Cl)c(Cl)c12. The Kier molecular flexibility index (Phi) is 2.46. The van der Waals surface area contributed by atoms with E-state index in [4.69, 9.17) is 46.4 Å². The minimum Gasteiger partial charge on any atom is -0.298 e. The summed E-state index contributed by atoms with van der Waals surface area (Å²) in [6.45, 7) is 0. The number of hydrogen-bond donors (Lipinski definition) is 0. The van der Waals surface area contributed by atoms with Crippen LogP contribution in [0.3, 0.4) is 0 Å². The van der Waals surface area contributed by atoms with Crippen LogP contribution >= 0.6 is 46.4 Å². The fourth-order valence-electron chi connectivity index (χ4n) is 2.78. The Bertz CT molecular complexity index is 478. The standard InChI is InChI=1S/C11H6Cl4O/c12-7-5-3-1-2-4(11(3)16)6(5)8(13)10(15)9(7)14/h3-4H,1-2H2/t3-,4-/m0/s1. The molecule has 1 aromatic rings. The van der Waals surface area contributed by atoms with Crippen molar-refractivity contribution in [3.63, 3.8) is 0 Å². The van der Waals surface area contributed by atoms with Crippen LogP contribution in [0, 0.1) is 0 Å². The van der Waals surface area contributed by atoms with Crippen molar-refractivity contribution in [1.29, 1.82) is 0 Å². The molecule has 1 saturated carbocycles. The van der Waals surface area contributed by atoms with Crippen LogP contribution in [0.2, 0.25) is 20.1 Å². The largest absolute Gasteiger partial charge is 0.298 e. The lowest BCUT2D eigenvalue weighted by Crippen LogP contribution is -2.01. The van der Waals surface area contributed by atoms with Gasteiger partial charge in [0.25, 0.3) is 0 Å². The molecule has 0 radical (unpaired) electrons. The predicted octanol–water partition coefficient (Wildman–Crippen LogP) is 4.84. The van der Waals surface area contributed by atoms with E-state index in [2.05, 4.69) is 0 Å². The van der Waals surface area contributed by atoms with Gasteiger partial charge in [0.2, 0.25) is 0 Å². The first-order valence-electron chi connectivity index (χ1n) is 4.93. The Balaban J connectivity index is 2.39. The summed E-state index contributed by atoms with van der Waals surface area (Å²) < 4.78 is 0. The van der Waals surface area contributed by atoms with Gasteiger partial charge in [-0.25, -0.2) is 0 Å². The lowest BCUT2D eigenvalue weighted by molar-refractivity contribution is -0.119. The molecule has 2 bridgehead atoms. The Hall–Kier alpha value is 0.0500. The zero-order chi connectivity index (χ0) is 11.6. The first-order valence-corrected chi connectivity index (χ1v) is 6.44. The second kappa shape index (κ2) is 3.52. The number of carbonyl (C=O) groups excluding carboxylic acids is 1. The first-order chi connectivity index (χ1) is 7.54. The van der Waals surface area contributed by atoms with Crippen LogP contribution in [-0.2, 0) is 4.79 Å². The van der Waals surface area contributed by atoms with Gasteiger partial charge < -0.3 is 0 Å². The molecular formula is C11H6Cl4O. The molecule has 0 spiro atoms. The highest BCUT2D eigenvalue weighted by atomic mass is 35.5. The van der Waals surface area contributed by atoms with Crippen molar-refractivity contribution in [2.75, 3.05) is 0 Å². The number of benzene rings is 1. The van der Waals surface area contributed by atoms with E-state index in [1.54, 1.807) is 0 Å². The van der Waals surface area contributed by atoms with E-state index in [9.17, 15) is 4.79 Å². The highest BCUT2D eigenvalue weighted by Crippen LogP contribution is 2.58. The van der Waals surface area contributed by atoms with E-state index in [1.807, 2.05) is 0 Å². The van der Waals surface area contributed by atoms with Gasteiger partial charge in [-0.3, -0.25) is 4.79 Å². The maximum Gasteiger partial charge on any atom is 0.147 e. The van der Waals surface area contributed by atoms with E-state index < -0.39 is 0 Å². The molecule has 0 N–H and O–H groups in total. The molecule has 84 valence electrons. The second-order valence-electron chi connectivity index (χ2n) is 4.17. The summed E-state index contributed by atoms with van der Waals surface area (Å²) >= 11 is 24.3. The van der Waals surface area contributed by atoms with Crippen LogP contribution in [0.4, 0.5) is 0 Å². The van der Waals surface area contributed by atoms with Gasteiger partial charge in [0.1, 0.15) is 5.78 Å². The average molecular weight is 296 g/mol. The van der Waals surface area contributed by atoms with Crippen molar-refractivity contribution in [1.82, 2.24) is 0 Å². The molecule has 2 aliphatic rings. The summed E-state index contributed by atoms with van der Waals surface area (Å²) in [6.07, 6.45) is 1.68. The smallest absolute Gasteiger partial charge is 0.147 e. The maximum atomic E-state index is 11.9. The zero-order valence-corrected chi connectivity index (χ0v) is 11.0. The van der Waals surface area contributed by atoms with Crippen LogP contribution in [-0.4, -0.2) is 5.78 Å². The Morgan fingerprint density at radius 2 is 1.12 bits per heavy atom. The highest BCUT2D eigenvalue weighted by Gasteiger charge is 2.48. The van der Waals surface area contributed by atoms with Gasteiger partial charge >= 0.3 is 0 Å². The molecule has 2 aliphatic carbocycles. The highest BCUT2D eigenvalue weighted by molar-refractivity contribution is 6.52. The van der Waals surface area contributed by atoms with Crippen LogP contribution < -0.4 is 0 Å². The predicted molar refractivity (Wildman–Crippen MR) is 66.2 cm³/mol. The number of halogens is 4. The molecule has 0 amide bonds. The summed E-state index contributed by atoms with van der Waals surface area (Å²) in [4.78, 5) is 11.9. The van der Waals surface area contributed by atoms with E-state index in [-0.39, 0.29) is 27.7 Å². The molecule has 0 aromatic heterocycles. The third-order valence-corrected chi connectivity index (χ3v) is 5.30. The number of fused-ring (bicyclic) bond motifs is 5. The topological polar surface area (TPSA) is 17.1 Å². The second-order valence-corrected chi connectivity index (χ2v) is 5.68. The van der Waals surface area contributed by atoms with Crippen molar-refractivity contribution >= 4 is 52.2 Å². The fourth-order valence-corrected chi connectivity index (χ4v) is 3.93. The first kappa shape index (κ1) is 11.2. The molecule has 0 heterocycles. The molecule has 1 fully saturated rings. The molecule has 3 rings (SSSR count). The van der Waals surface area contributed by atoms with Crippen LogP contribution in [0.1, 0.15) is 35.8 Å².